The Hall–Kier alpha value is -1.88. The van der Waals surface area contributed by atoms with Gasteiger partial charge in [0, 0.05) is 35.9 Å². The molecule has 3 rings (SSSR count). The Bertz CT molecular complexity index is 767. The molecule has 114 valence electrons. The van der Waals surface area contributed by atoms with Crippen LogP contribution in [0.3, 0.4) is 0 Å². The number of hydrogen-bond acceptors (Lipinski definition) is 3. The maximum atomic E-state index is 9.18. The normalized spacial score (nSPS) is 12.7. The average Bonchev–Trinajstić information content (AvgIpc) is 2.87. The second-order valence-electron chi connectivity index (χ2n) is 5.44. The fraction of sp³-hybridized carbons (Fsp3) is 0.235. The standard InChI is InChI=1S/C17H18ClN3O/c18-17-6-5-12(8-20-17)9-21-10-13(7-14(19)11-22)15-3-1-2-4-16(15)21/h1-6,8,10,14,22H,7,9,11,19H2. The van der Waals surface area contributed by atoms with E-state index in [1.165, 1.54) is 5.39 Å². The van der Waals surface area contributed by atoms with Crippen molar-refractivity contribution in [2.75, 3.05) is 6.61 Å². The van der Waals surface area contributed by atoms with E-state index in [4.69, 9.17) is 17.3 Å². The van der Waals surface area contributed by atoms with Crippen LogP contribution in [0, 0.1) is 0 Å². The summed E-state index contributed by atoms with van der Waals surface area (Å²) in [7, 11) is 0. The smallest absolute Gasteiger partial charge is 0.129 e. The van der Waals surface area contributed by atoms with E-state index in [1.54, 1.807) is 12.3 Å². The molecular weight excluding hydrogens is 298 g/mol. The number of aromatic nitrogens is 2. The molecule has 22 heavy (non-hydrogen) atoms. The van der Waals surface area contributed by atoms with Crippen LogP contribution < -0.4 is 5.73 Å². The van der Waals surface area contributed by atoms with E-state index in [2.05, 4.69) is 27.9 Å². The van der Waals surface area contributed by atoms with Crippen LogP contribution >= 0.6 is 11.6 Å². The van der Waals surface area contributed by atoms with Gasteiger partial charge in [-0.1, -0.05) is 35.9 Å². The molecule has 5 heteroatoms. The Labute approximate surface area is 134 Å². The molecule has 0 amide bonds. The van der Waals surface area contributed by atoms with Gasteiger partial charge in [0.15, 0.2) is 0 Å². The molecule has 0 aliphatic carbocycles. The van der Waals surface area contributed by atoms with E-state index >= 15 is 0 Å². The molecule has 0 saturated heterocycles. The predicted molar refractivity (Wildman–Crippen MR) is 89.1 cm³/mol. The molecular formula is C17H18ClN3O. The van der Waals surface area contributed by atoms with Crippen molar-refractivity contribution in [2.45, 2.75) is 19.0 Å². The van der Waals surface area contributed by atoms with E-state index in [-0.39, 0.29) is 12.6 Å². The van der Waals surface area contributed by atoms with Crippen molar-refractivity contribution in [2.24, 2.45) is 5.73 Å². The number of nitrogens with two attached hydrogens (primary N) is 1. The molecule has 0 radical (unpaired) electrons. The number of hydrogen-bond donors (Lipinski definition) is 2. The van der Waals surface area contributed by atoms with Gasteiger partial charge in [-0.3, -0.25) is 0 Å². The Morgan fingerprint density at radius 1 is 1.23 bits per heavy atom. The first-order valence-electron chi connectivity index (χ1n) is 7.21. The van der Waals surface area contributed by atoms with Gasteiger partial charge in [-0.25, -0.2) is 4.98 Å². The Balaban J connectivity index is 1.97. The van der Waals surface area contributed by atoms with Crippen LogP contribution in [0.2, 0.25) is 5.15 Å². The van der Waals surface area contributed by atoms with Crippen molar-refractivity contribution in [3.8, 4) is 0 Å². The second kappa shape index (κ2) is 6.48. The molecule has 2 aromatic heterocycles. The third-order valence-corrected chi connectivity index (χ3v) is 3.95. The van der Waals surface area contributed by atoms with Gasteiger partial charge in [0.05, 0.1) is 6.61 Å². The van der Waals surface area contributed by atoms with Crippen molar-refractivity contribution >= 4 is 22.5 Å². The first kappa shape index (κ1) is 15.0. The molecule has 4 nitrogen and oxygen atoms in total. The van der Waals surface area contributed by atoms with Crippen LogP contribution in [0.1, 0.15) is 11.1 Å². The molecule has 0 aliphatic rings. The van der Waals surface area contributed by atoms with E-state index < -0.39 is 0 Å². The van der Waals surface area contributed by atoms with Gasteiger partial charge in [0.2, 0.25) is 0 Å². The lowest BCUT2D eigenvalue weighted by molar-refractivity contribution is 0.265. The zero-order chi connectivity index (χ0) is 15.5. The minimum absolute atomic E-state index is 0.0133. The number of halogens is 1. The summed E-state index contributed by atoms with van der Waals surface area (Å²) < 4.78 is 2.18. The van der Waals surface area contributed by atoms with Gasteiger partial charge in [-0.2, -0.15) is 0 Å². The third-order valence-electron chi connectivity index (χ3n) is 3.73. The van der Waals surface area contributed by atoms with Crippen molar-refractivity contribution in [1.82, 2.24) is 9.55 Å². The fourth-order valence-electron chi connectivity index (χ4n) is 2.66. The summed E-state index contributed by atoms with van der Waals surface area (Å²) in [4.78, 5) is 4.12. The van der Waals surface area contributed by atoms with Crippen LogP contribution in [0.5, 0.6) is 0 Å². The van der Waals surface area contributed by atoms with Crippen LogP contribution in [0.4, 0.5) is 0 Å². The summed E-state index contributed by atoms with van der Waals surface area (Å²) in [6.07, 6.45) is 4.55. The summed E-state index contributed by atoms with van der Waals surface area (Å²) in [5.41, 5.74) is 9.28. The van der Waals surface area contributed by atoms with Crippen molar-refractivity contribution in [1.29, 1.82) is 0 Å². The molecule has 3 N–H and O–H groups in total. The molecule has 0 saturated carbocycles. The molecule has 0 spiro atoms. The number of rotatable bonds is 5. The summed E-state index contributed by atoms with van der Waals surface area (Å²) in [6, 6.07) is 11.8. The van der Waals surface area contributed by atoms with Crippen molar-refractivity contribution < 1.29 is 5.11 Å². The Kier molecular flexibility index (Phi) is 4.43. The number of pyridine rings is 1. The largest absolute Gasteiger partial charge is 0.395 e. The zero-order valence-electron chi connectivity index (χ0n) is 12.1. The highest BCUT2D eigenvalue weighted by atomic mass is 35.5. The van der Waals surface area contributed by atoms with Gasteiger partial charge < -0.3 is 15.4 Å². The zero-order valence-corrected chi connectivity index (χ0v) is 12.9. The molecule has 1 atom stereocenters. The molecule has 2 heterocycles. The highest BCUT2D eigenvalue weighted by Gasteiger charge is 2.11. The molecule has 0 aliphatic heterocycles. The number of aliphatic hydroxyl groups is 1. The third kappa shape index (κ3) is 3.14. The highest BCUT2D eigenvalue weighted by molar-refractivity contribution is 6.29. The van der Waals surface area contributed by atoms with Crippen molar-refractivity contribution in [3.05, 3.63) is 65.1 Å². The molecule has 0 bridgehead atoms. The maximum Gasteiger partial charge on any atom is 0.129 e. The highest BCUT2D eigenvalue weighted by Crippen LogP contribution is 2.23. The van der Waals surface area contributed by atoms with E-state index in [1.807, 2.05) is 18.2 Å². The van der Waals surface area contributed by atoms with Crippen LogP contribution in [-0.2, 0) is 13.0 Å². The molecule has 3 aromatic rings. The number of benzene rings is 1. The summed E-state index contributed by atoms with van der Waals surface area (Å²) in [6.45, 7) is 0.708. The fourth-order valence-corrected chi connectivity index (χ4v) is 2.77. The summed E-state index contributed by atoms with van der Waals surface area (Å²) in [5.74, 6) is 0. The molecule has 1 aromatic carbocycles. The second-order valence-corrected chi connectivity index (χ2v) is 5.82. The first-order valence-corrected chi connectivity index (χ1v) is 7.59. The van der Waals surface area contributed by atoms with Gasteiger partial charge in [-0.15, -0.1) is 0 Å². The van der Waals surface area contributed by atoms with Crippen molar-refractivity contribution in [3.63, 3.8) is 0 Å². The van der Waals surface area contributed by atoms with E-state index in [9.17, 15) is 5.11 Å². The number of fused-ring (bicyclic) bond motifs is 1. The summed E-state index contributed by atoms with van der Waals surface area (Å²) in [5, 5.41) is 10.9. The topological polar surface area (TPSA) is 64.1 Å². The van der Waals surface area contributed by atoms with Gasteiger partial charge >= 0.3 is 0 Å². The van der Waals surface area contributed by atoms with Crippen LogP contribution in [0.15, 0.2) is 48.8 Å². The average molecular weight is 316 g/mol. The lowest BCUT2D eigenvalue weighted by atomic mass is 10.1. The maximum absolute atomic E-state index is 9.18. The van der Waals surface area contributed by atoms with E-state index in [0.717, 1.165) is 23.2 Å². The lowest BCUT2D eigenvalue weighted by Crippen LogP contribution is -2.26. The van der Waals surface area contributed by atoms with Gasteiger partial charge in [0.25, 0.3) is 0 Å². The minimum Gasteiger partial charge on any atom is -0.395 e. The number of nitrogens with zero attached hydrogens (tertiary/aromatic N) is 2. The quantitative estimate of drug-likeness (QED) is 0.711. The predicted octanol–water partition coefficient (Wildman–Crippen LogP) is 2.60. The van der Waals surface area contributed by atoms with Gasteiger partial charge in [0.1, 0.15) is 5.15 Å². The number of para-hydroxylation sites is 1. The SMILES string of the molecule is NC(CO)Cc1cn(Cc2ccc(Cl)nc2)c2ccccc12. The minimum atomic E-state index is -0.239. The summed E-state index contributed by atoms with van der Waals surface area (Å²) >= 11 is 5.83. The number of aliphatic hydroxyl groups excluding tert-OH is 1. The Morgan fingerprint density at radius 3 is 2.77 bits per heavy atom. The van der Waals surface area contributed by atoms with Crippen LogP contribution in [0.25, 0.3) is 10.9 Å². The van der Waals surface area contributed by atoms with Crippen LogP contribution in [-0.4, -0.2) is 27.3 Å². The Morgan fingerprint density at radius 2 is 2.05 bits per heavy atom. The lowest BCUT2D eigenvalue weighted by Gasteiger charge is -2.06. The molecule has 0 fully saturated rings. The molecule has 1 unspecified atom stereocenters. The monoisotopic (exact) mass is 315 g/mol. The first-order chi connectivity index (χ1) is 10.7. The van der Waals surface area contributed by atoms with E-state index in [0.29, 0.717) is 11.6 Å². The van der Waals surface area contributed by atoms with Gasteiger partial charge in [-0.05, 0) is 29.7 Å².